The number of carbonyl (C=O) groups is 2. The van der Waals surface area contributed by atoms with Crippen LogP contribution in [0.15, 0.2) is 12.3 Å². The fourth-order valence-corrected chi connectivity index (χ4v) is 1.62. The van der Waals surface area contributed by atoms with Gasteiger partial charge >= 0.3 is 5.97 Å². The number of hydrogen-bond donors (Lipinski definition) is 3. The summed E-state index contributed by atoms with van der Waals surface area (Å²) >= 11 is 0. The molecule has 0 aliphatic heterocycles. The first-order valence-corrected chi connectivity index (χ1v) is 6.57. The number of ether oxygens (including phenoxy) is 1. The SMILES string of the molecule is COC(=O)c1ccnc(NC(C)C(=O)NC(C)(C)C)c1N. The number of nitrogens with one attached hydrogen (secondary N) is 2. The average Bonchev–Trinajstić information content (AvgIpc) is 2.38. The molecule has 0 radical (unpaired) electrons. The normalized spacial score (nSPS) is 12.4. The maximum atomic E-state index is 12.0. The van der Waals surface area contributed by atoms with Crippen LogP contribution >= 0.6 is 0 Å². The molecule has 0 saturated carbocycles. The Morgan fingerprint density at radius 2 is 2.00 bits per heavy atom. The molecule has 0 saturated heterocycles. The maximum Gasteiger partial charge on any atom is 0.340 e. The van der Waals surface area contributed by atoms with Crippen molar-refractivity contribution >= 4 is 23.4 Å². The second-order valence-electron chi connectivity index (χ2n) is 5.72. The number of methoxy groups -OCH3 is 1. The maximum absolute atomic E-state index is 12.0. The van der Waals surface area contributed by atoms with Crippen molar-refractivity contribution < 1.29 is 14.3 Å². The predicted octanol–water partition coefficient (Wildman–Crippen LogP) is 1.17. The highest BCUT2D eigenvalue weighted by atomic mass is 16.5. The van der Waals surface area contributed by atoms with E-state index in [-0.39, 0.29) is 28.5 Å². The number of carbonyl (C=O) groups excluding carboxylic acids is 2. The lowest BCUT2D eigenvalue weighted by atomic mass is 10.1. The lowest BCUT2D eigenvalue weighted by molar-refractivity contribution is -0.122. The molecule has 21 heavy (non-hydrogen) atoms. The number of nitrogens with zero attached hydrogens (tertiary/aromatic N) is 1. The molecule has 1 aromatic rings. The molecule has 0 spiro atoms. The lowest BCUT2D eigenvalue weighted by Gasteiger charge is -2.24. The fraction of sp³-hybridized carbons (Fsp3) is 0.500. The quantitative estimate of drug-likeness (QED) is 0.720. The monoisotopic (exact) mass is 294 g/mol. The lowest BCUT2D eigenvalue weighted by Crippen LogP contribution is -2.47. The van der Waals surface area contributed by atoms with Crippen LogP contribution in [0.25, 0.3) is 0 Å². The summed E-state index contributed by atoms with van der Waals surface area (Å²) in [6.07, 6.45) is 1.43. The van der Waals surface area contributed by atoms with Crippen molar-refractivity contribution in [2.75, 3.05) is 18.2 Å². The zero-order valence-electron chi connectivity index (χ0n) is 13.0. The molecular weight excluding hydrogens is 272 g/mol. The van der Waals surface area contributed by atoms with E-state index >= 15 is 0 Å². The summed E-state index contributed by atoms with van der Waals surface area (Å²) in [5, 5.41) is 5.74. The molecule has 7 nitrogen and oxygen atoms in total. The molecule has 1 rings (SSSR count). The third kappa shape index (κ3) is 4.62. The van der Waals surface area contributed by atoms with Gasteiger partial charge in [-0.25, -0.2) is 9.78 Å². The van der Waals surface area contributed by atoms with Crippen LogP contribution in [0, 0.1) is 0 Å². The van der Waals surface area contributed by atoms with Gasteiger partial charge in [0.15, 0.2) is 5.82 Å². The van der Waals surface area contributed by atoms with Gasteiger partial charge in [-0.2, -0.15) is 0 Å². The Labute approximate surface area is 124 Å². The van der Waals surface area contributed by atoms with Crippen LogP contribution in [0.2, 0.25) is 0 Å². The van der Waals surface area contributed by atoms with E-state index in [0.29, 0.717) is 0 Å². The summed E-state index contributed by atoms with van der Waals surface area (Å²) in [4.78, 5) is 27.6. The summed E-state index contributed by atoms with van der Waals surface area (Å²) in [5.74, 6) is -0.466. The van der Waals surface area contributed by atoms with Gasteiger partial charge in [0.25, 0.3) is 0 Å². The number of esters is 1. The smallest absolute Gasteiger partial charge is 0.340 e. The van der Waals surface area contributed by atoms with Crippen LogP contribution < -0.4 is 16.4 Å². The van der Waals surface area contributed by atoms with Crippen molar-refractivity contribution in [2.45, 2.75) is 39.3 Å². The Bertz CT molecular complexity index is 538. The summed E-state index contributed by atoms with van der Waals surface area (Å²) in [6.45, 7) is 7.36. The van der Waals surface area contributed by atoms with Gasteiger partial charge in [0.05, 0.1) is 18.4 Å². The Morgan fingerprint density at radius 3 is 2.52 bits per heavy atom. The summed E-state index contributed by atoms with van der Waals surface area (Å²) < 4.78 is 4.64. The number of anilines is 2. The van der Waals surface area contributed by atoms with Gasteiger partial charge in [-0.1, -0.05) is 0 Å². The fourth-order valence-electron chi connectivity index (χ4n) is 1.62. The van der Waals surface area contributed by atoms with Crippen molar-refractivity contribution in [1.29, 1.82) is 0 Å². The van der Waals surface area contributed by atoms with Gasteiger partial charge in [0.2, 0.25) is 5.91 Å². The van der Waals surface area contributed by atoms with E-state index in [1.54, 1.807) is 6.92 Å². The minimum absolute atomic E-state index is 0.153. The van der Waals surface area contributed by atoms with Crippen LogP contribution in [0.1, 0.15) is 38.1 Å². The van der Waals surface area contributed by atoms with E-state index in [4.69, 9.17) is 5.73 Å². The minimum Gasteiger partial charge on any atom is -0.465 e. The molecule has 1 amide bonds. The molecule has 0 fully saturated rings. The highest BCUT2D eigenvalue weighted by Crippen LogP contribution is 2.21. The van der Waals surface area contributed by atoms with E-state index in [1.807, 2.05) is 20.8 Å². The zero-order chi connectivity index (χ0) is 16.2. The number of amides is 1. The second kappa shape index (κ2) is 6.43. The summed E-state index contributed by atoms with van der Waals surface area (Å²) in [6, 6.07) is 0.915. The standard InChI is InChI=1S/C14H22N4O3/c1-8(12(19)18-14(2,3)4)17-11-10(15)9(6-7-16-11)13(20)21-5/h6-8H,15H2,1-5H3,(H,16,17)(H,18,19). The van der Waals surface area contributed by atoms with Crippen LogP contribution in [-0.4, -0.2) is 35.6 Å². The molecule has 1 heterocycles. The molecule has 0 aliphatic rings. The molecule has 0 aromatic carbocycles. The first-order valence-electron chi connectivity index (χ1n) is 6.57. The predicted molar refractivity (Wildman–Crippen MR) is 81.0 cm³/mol. The van der Waals surface area contributed by atoms with Crippen molar-refractivity contribution in [1.82, 2.24) is 10.3 Å². The molecule has 4 N–H and O–H groups in total. The topological polar surface area (TPSA) is 106 Å². The van der Waals surface area contributed by atoms with Crippen molar-refractivity contribution in [3.05, 3.63) is 17.8 Å². The number of hydrogen-bond acceptors (Lipinski definition) is 6. The summed E-state index contributed by atoms with van der Waals surface area (Å²) in [7, 11) is 1.27. The third-order valence-corrected chi connectivity index (χ3v) is 2.64. The van der Waals surface area contributed by atoms with Crippen molar-refractivity contribution in [3.8, 4) is 0 Å². The van der Waals surface area contributed by atoms with Gasteiger partial charge in [0.1, 0.15) is 6.04 Å². The largest absolute Gasteiger partial charge is 0.465 e. The van der Waals surface area contributed by atoms with E-state index in [2.05, 4.69) is 20.4 Å². The zero-order valence-corrected chi connectivity index (χ0v) is 13.0. The van der Waals surface area contributed by atoms with Crippen LogP contribution in [0.3, 0.4) is 0 Å². The van der Waals surface area contributed by atoms with Gasteiger partial charge in [-0.3, -0.25) is 4.79 Å². The molecule has 7 heteroatoms. The molecule has 1 unspecified atom stereocenters. The van der Waals surface area contributed by atoms with Crippen LogP contribution in [0.4, 0.5) is 11.5 Å². The third-order valence-electron chi connectivity index (χ3n) is 2.64. The Kier molecular flexibility index (Phi) is 5.12. The van der Waals surface area contributed by atoms with Gasteiger partial charge in [-0.15, -0.1) is 0 Å². The number of nitrogen functional groups attached to an aromatic ring is 1. The van der Waals surface area contributed by atoms with Gasteiger partial charge in [0, 0.05) is 11.7 Å². The number of rotatable bonds is 4. The van der Waals surface area contributed by atoms with E-state index in [9.17, 15) is 9.59 Å². The first kappa shape index (κ1) is 16.7. The highest BCUT2D eigenvalue weighted by Gasteiger charge is 2.21. The van der Waals surface area contributed by atoms with E-state index < -0.39 is 12.0 Å². The second-order valence-corrected chi connectivity index (χ2v) is 5.72. The molecule has 0 aliphatic carbocycles. The van der Waals surface area contributed by atoms with E-state index in [0.717, 1.165) is 0 Å². The molecule has 116 valence electrons. The van der Waals surface area contributed by atoms with Gasteiger partial charge in [-0.05, 0) is 33.8 Å². The average molecular weight is 294 g/mol. The van der Waals surface area contributed by atoms with Crippen molar-refractivity contribution in [2.24, 2.45) is 0 Å². The number of aromatic nitrogens is 1. The Morgan fingerprint density at radius 1 is 1.38 bits per heavy atom. The minimum atomic E-state index is -0.551. The molecule has 0 bridgehead atoms. The van der Waals surface area contributed by atoms with Crippen LogP contribution in [0.5, 0.6) is 0 Å². The Balaban J connectivity index is 2.88. The summed E-state index contributed by atoms with van der Waals surface area (Å²) in [5.41, 5.74) is 5.90. The number of nitrogens with two attached hydrogens (primary N) is 1. The highest BCUT2D eigenvalue weighted by molar-refractivity contribution is 5.98. The first-order chi connectivity index (χ1) is 9.65. The molecule has 1 aromatic heterocycles. The molecular formula is C14H22N4O3. The van der Waals surface area contributed by atoms with E-state index in [1.165, 1.54) is 19.4 Å². The van der Waals surface area contributed by atoms with Crippen LogP contribution in [-0.2, 0) is 9.53 Å². The number of pyridine rings is 1. The Hall–Kier alpha value is -2.31. The van der Waals surface area contributed by atoms with Gasteiger partial charge < -0.3 is 21.1 Å². The molecule has 1 atom stereocenters. The van der Waals surface area contributed by atoms with Crippen molar-refractivity contribution in [3.63, 3.8) is 0 Å².